The minimum Gasteiger partial charge on any atom is -0.320 e. The van der Waals surface area contributed by atoms with Gasteiger partial charge in [0.1, 0.15) is 0 Å². The molecular weight excluding hydrogens is 416 g/mol. The molecule has 1 atom stereocenters. The SMILES string of the molecule is CC1S/C(=N/N=C2\C(=O)Nc3ccc(Br)cc32)N(C2CCCCC2)C1=O. The first-order chi connectivity index (χ1) is 12.5. The maximum Gasteiger partial charge on any atom is 0.276 e. The number of thioether (sulfide) groups is 1. The van der Waals surface area contributed by atoms with Gasteiger partial charge in [-0.25, -0.2) is 0 Å². The molecular formula is C18H19BrN4O2S. The van der Waals surface area contributed by atoms with Gasteiger partial charge in [0.2, 0.25) is 5.91 Å². The van der Waals surface area contributed by atoms with Crippen LogP contribution in [-0.4, -0.2) is 38.9 Å². The van der Waals surface area contributed by atoms with E-state index in [2.05, 4.69) is 31.4 Å². The van der Waals surface area contributed by atoms with E-state index < -0.39 is 0 Å². The monoisotopic (exact) mass is 434 g/mol. The van der Waals surface area contributed by atoms with Crippen molar-refractivity contribution >= 4 is 56.1 Å². The summed E-state index contributed by atoms with van der Waals surface area (Å²) in [5, 5.41) is 11.8. The molecule has 26 heavy (non-hydrogen) atoms. The second-order valence-electron chi connectivity index (χ2n) is 6.74. The van der Waals surface area contributed by atoms with E-state index in [4.69, 9.17) is 0 Å². The number of nitrogens with one attached hydrogen (secondary N) is 1. The molecule has 1 N–H and O–H groups in total. The molecule has 3 aliphatic rings. The Labute approximate surface area is 164 Å². The van der Waals surface area contributed by atoms with Crippen LogP contribution in [0.15, 0.2) is 32.9 Å². The second-order valence-corrected chi connectivity index (χ2v) is 8.96. The highest BCUT2D eigenvalue weighted by molar-refractivity contribution is 9.10. The van der Waals surface area contributed by atoms with Gasteiger partial charge in [0.15, 0.2) is 10.9 Å². The molecule has 2 aliphatic heterocycles. The predicted molar refractivity (Wildman–Crippen MR) is 108 cm³/mol. The fraction of sp³-hybridized carbons (Fsp3) is 0.444. The van der Waals surface area contributed by atoms with E-state index in [9.17, 15) is 9.59 Å². The molecule has 0 aromatic heterocycles. The molecule has 4 rings (SSSR count). The summed E-state index contributed by atoms with van der Waals surface area (Å²) < 4.78 is 0.871. The van der Waals surface area contributed by atoms with Crippen LogP contribution < -0.4 is 5.32 Å². The van der Waals surface area contributed by atoms with Crippen LogP contribution in [0.4, 0.5) is 5.69 Å². The number of carbonyl (C=O) groups is 2. The third-order valence-electron chi connectivity index (χ3n) is 4.95. The fourth-order valence-corrected chi connectivity index (χ4v) is 4.95. The standard InChI is InChI=1S/C18H19BrN4O2S/c1-10-17(25)23(12-5-3-2-4-6-12)18(26-10)22-21-15-13-9-11(19)7-8-14(13)20-16(15)24/h7-10,12H,2-6H2,1H3,(H,20,21,24)/b22-18+. The van der Waals surface area contributed by atoms with Gasteiger partial charge in [-0.15, -0.1) is 10.2 Å². The maximum absolute atomic E-state index is 12.6. The molecule has 0 radical (unpaired) electrons. The Hall–Kier alpha value is -1.67. The lowest BCUT2D eigenvalue weighted by Gasteiger charge is -2.30. The summed E-state index contributed by atoms with van der Waals surface area (Å²) >= 11 is 4.84. The van der Waals surface area contributed by atoms with Gasteiger partial charge >= 0.3 is 0 Å². The zero-order valence-corrected chi connectivity index (χ0v) is 16.8. The number of rotatable bonds is 2. The maximum atomic E-state index is 12.6. The Bertz CT molecular complexity index is 832. The van der Waals surface area contributed by atoms with Gasteiger partial charge in [0.05, 0.1) is 10.9 Å². The van der Waals surface area contributed by atoms with E-state index >= 15 is 0 Å². The van der Waals surface area contributed by atoms with Crippen molar-refractivity contribution in [1.82, 2.24) is 4.90 Å². The first-order valence-electron chi connectivity index (χ1n) is 8.81. The lowest BCUT2D eigenvalue weighted by molar-refractivity contribution is -0.127. The number of nitrogens with zero attached hydrogens (tertiary/aromatic N) is 3. The zero-order chi connectivity index (χ0) is 18.3. The number of anilines is 1. The van der Waals surface area contributed by atoms with Crippen molar-refractivity contribution in [2.45, 2.75) is 50.3 Å². The van der Waals surface area contributed by atoms with Gasteiger partial charge in [-0.05, 0) is 38.0 Å². The van der Waals surface area contributed by atoms with Crippen molar-refractivity contribution in [2.75, 3.05) is 5.32 Å². The number of amides is 2. The van der Waals surface area contributed by atoms with Crippen LogP contribution >= 0.6 is 27.7 Å². The number of benzene rings is 1. The van der Waals surface area contributed by atoms with Crippen molar-refractivity contribution in [3.63, 3.8) is 0 Å². The summed E-state index contributed by atoms with van der Waals surface area (Å²) in [5.41, 5.74) is 1.73. The molecule has 1 aromatic rings. The first kappa shape index (κ1) is 17.7. The van der Waals surface area contributed by atoms with Crippen molar-refractivity contribution < 1.29 is 9.59 Å². The fourth-order valence-electron chi connectivity index (χ4n) is 3.62. The number of hydrogen-bond donors (Lipinski definition) is 1. The molecule has 1 aromatic carbocycles. The molecule has 2 fully saturated rings. The van der Waals surface area contributed by atoms with Crippen molar-refractivity contribution in [1.29, 1.82) is 0 Å². The Morgan fingerprint density at radius 2 is 1.96 bits per heavy atom. The van der Waals surface area contributed by atoms with Crippen LogP contribution in [0.2, 0.25) is 0 Å². The lowest BCUT2D eigenvalue weighted by atomic mass is 9.94. The molecule has 0 spiro atoms. The van der Waals surface area contributed by atoms with Gasteiger partial charge in [-0.3, -0.25) is 14.5 Å². The first-order valence-corrected chi connectivity index (χ1v) is 10.5. The smallest absolute Gasteiger partial charge is 0.276 e. The van der Waals surface area contributed by atoms with E-state index in [1.807, 2.05) is 30.0 Å². The average molecular weight is 435 g/mol. The van der Waals surface area contributed by atoms with Gasteiger partial charge in [0.25, 0.3) is 5.91 Å². The van der Waals surface area contributed by atoms with Crippen LogP contribution in [0.3, 0.4) is 0 Å². The van der Waals surface area contributed by atoms with Gasteiger partial charge < -0.3 is 5.32 Å². The van der Waals surface area contributed by atoms with Crippen LogP contribution in [0.25, 0.3) is 0 Å². The Balaban J connectivity index is 1.66. The summed E-state index contributed by atoms with van der Waals surface area (Å²) in [6.07, 6.45) is 5.51. The third-order valence-corrected chi connectivity index (χ3v) is 6.49. The molecule has 0 bridgehead atoms. The molecule has 1 unspecified atom stereocenters. The molecule has 1 saturated heterocycles. The second kappa shape index (κ2) is 7.15. The molecule has 2 heterocycles. The summed E-state index contributed by atoms with van der Waals surface area (Å²) in [4.78, 5) is 26.7. The molecule has 1 aliphatic carbocycles. The number of amidine groups is 1. The largest absolute Gasteiger partial charge is 0.320 e. The van der Waals surface area contributed by atoms with Crippen molar-refractivity contribution in [3.05, 3.63) is 28.2 Å². The van der Waals surface area contributed by atoms with Crippen LogP contribution in [0.5, 0.6) is 0 Å². The Kier molecular flexibility index (Phi) is 4.88. The molecule has 2 amide bonds. The van der Waals surface area contributed by atoms with Crippen LogP contribution in [0, 0.1) is 0 Å². The number of hydrogen-bond acceptors (Lipinski definition) is 5. The topological polar surface area (TPSA) is 74.1 Å². The van der Waals surface area contributed by atoms with Crippen LogP contribution in [0.1, 0.15) is 44.6 Å². The zero-order valence-electron chi connectivity index (χ0n) is 14.4. The summed E-state index contributed by atoms with van der Waals surface area (Å²) in [5.74, 6) is -0.172. The van der Waals surface area contributed by atoms with E-state index in [1.165, 1.54) is 18.2 Å². The van der Waals surface area contributed by atoms with E-state index in [0.717, 1.165) is 41.4 Å². The van der Waals surface area contributed by atoms with Gasteiger partial charge in [-0.1, -0.05) is 47.0 Å². The van der Waals surface area contributed by atoms with Gasteiger partial charge in [0, 0.05) is 16.1 Å². The summed E-state index contributed by atoms with van der Waals surface area (Å²) in [6, 6.07) is 5.75. The highest BCUT2D eigenvalue weighted by Crippen LogP contribution is 2.34. The Morgan fingerprint density at radius 1 is 1.19 bits per heavy atom. The van der Waals surface area contributed by atoms with Crippen LogP contribution in [-0.2, 0) is 9.59 Å². The summed E-state index contributed by atoms with van der Waals surface area (Å²) in [7, 11) is 0. The molecule has 8 heteroatoms. The molecule has 136 valence electrons. The average Bonchev–Trinajstić information content (AvgIpc) is 3.09. The number of carbonyl (C=O) groups excluding carboxylic acids is 2. The Morgan fingerprint density at radius 3 is 2.73 bits per heavy atom. The summed E-state index contributed by atoms with van der Waals surface area (Å²) in [6.45, 7) is 1.90. The van der Waals surface area contributed by atoms with Gasteiger partial charge in [-0.2, -0.15) is 0 Å². The van der Waals surface area contributed by atoms with E-state index in [1.54, 1.807) is 0 Å². The minimum atomic E-state index is -0.269. The van der Waals surface area contributed by atoms with Crippen molar-refractivity contribution in [2.24, 2.45) is 10.2 Å². The van der Waals surface area contributed by atoms with E-state index in [-0.39, 0.29) is 28.8 Å². The lowest BCUT2D eigenvalue weighted by Crippen LogP contribution is -2.41. The third kappa shape index (κ3) is 3.20. The quantitative estimate of drug-likeness (QED) is 0.719. The van der Waals surface area contributed by atoms with Crippen molar-refractivity contribution in [3.8, 4) is 0 Å². The highest BCUT2D eigenvalue weighted by atomic mass is 79.9. The highest BCUT2D eigenvalue weighted by Gasteiger charge is 2.40. The van der Waals surface area contributed by atoms with E-state index in [0.29, 0.717) is 5.17 Å². The molecule has 1 saturated carbocycles. The number of halogens is 1. The number of fused-ring (bicyclic) bond motifs is 1. The minimum absolute atomic E-state index is 0.0971. The normalized spacial score (nSPS) is 26.7. The molecule has 6 nitrogen and oxygen atoms in total. The predicted octanol–water partition coefficient (Wildman–Crippen LogP) is 3.76.